The van der Waals surface area contributed by atoms with Crippen LogP contribution >= 0.6 is 0 Å². The van der Waals surface area contributed by atoms with E-state index in [0.717, 1.165) is 25.7 Å². The third kappa shape index (κ3) is 21.8. The molecule has 31 heavy (non-hydrogen) atoms. The van der Waals surface area contributed by atoms with Crippen LogP contribution < -0.4 is 5.32 Å². The summed E-state index contributed by atoms with van der Waals surface area (Å²) in [7, 11) is 0. The van der Waals surface area contributed by atoms with Gasteiger partial charge in [0.25, 0.3) is 0 Å². The van der Waals surface area contributed by atoms with Gasteiger partial charge in [0.1, 0.15) is 0 Å². The zero-order valence-corrected chi connectivity index (χ0v) is 19.8. The van der Waals surface area contributed by atoms with Crippen molar-refractivity contribution in [3.8, 4) is 0 Å². The van der Waals surface area contributed by atoms with E-state index in [1.807, 2.05) is 4.90 Å². The minimum absolute atomic E-state index is 0.0158. The summed E-state index contributed by atoms with van der Waals surface area (Å²) in [4.78, 5) is 13.7. The van der Waals surface area contributed by atoms with Crippen molar-refractivity contribution in [3.05, 3.63) is 24.3 Å². The van der Waals surface area contributed by atoms with Crippen LogP contribution in [0.3, 0.4) is 0 Å². The molecule has 0 aliphatic heterocycles. The number of nitrogens with one attached hydrogen (secondary N) is 1. The molecule has 0 rings (SSSR count). The number of hydrogen-bond acceptors (Lipinski definition) is 5. The van der Waals surface area contributed by atoms with E-state index >= 15 is 0 Å². The molecule has 0 bridgehead atoms. The number of carbonyl (C=O) groups is 1. The third-order valence-electron chi connectivity index (χ3n) is 5.20. The molecule has 0 saturated carbocycles. The van der Waals surface area contributed by atoms with Crippen LogP contribution in [0.25, 0.3) is 0 Å². The first-order valence-electron chi connectivity index (χ1n) is 12.3. The zero-order valence-electron chi connectivity index (χ0n) is 19.8. The van der Waals surface area contributed by atoms with Crippen LogP contribution in [0.1, 0.15) is 84.0 Å². The normalized spacial score (nSPS) is 12.9. The SMILES string of the molecule is CCCCC/C=C\C/C=C\CCCCCCCC(=O)NCCN(CCO)CC(O)CO. The van der Waals surface area contributed by atoms with Gasteiger partial charge in [0.05, 0.1) is 19.3 Å². The first-order chi connectivity index (χ1) is 15.1. The summed E-state index contributed by atoms with van der Waals surface area (Å²) in [6.07, 6.45) is 21.7. The predicted molar refractivity (Wildman–Crippen MR) is 129 cm³/mol. The molecule has 1 atom stereocenters. The fraction of sp³-hybridized carbons (Fsp3) is 0.800. The zero-order chi connectivity index (χ0) is 23.0. The number of hydrogen-bond donors (Lipinski definition) is 4. The number of aliphatic hydroxyl groups is 3. The molecule has 0 aromatic carbocycles. The summed E-state index contributed by atoms with van der Waals surface area (Å²) in [6, 6.07) is 0. The van der Waals surface area contributed by atoms with E-state index in [9.17, 15) is 9.90 Å². The van der Waals surface area contributed by atoms with Crippen molar-refractivity contribution in [2.45, 2.75) is 90.1 Å². The van der Waals surface area contributed by atoms with Crippen LogP contribution in [0, 0.1) is 0 Å². The van der Waals surface area contributed by atoms with Gasteiger partial charge in [0.15, 0.2) is 0 Å². The van der Waals surface area contributed by atoms with E-state index in [2.05, 4.69) is 36.5 Å². The van der Waals surface area contributed by atoms with Crippen molar-refractivity contribution in [1.82, 2.24) is 10.2 Å². The molecule has 0 aromatic heterocycles. The third-order valence-corrected chi connectivity index (χ3v) is 5.20. The standard InChI is InChI=1S/C25H48N2O4/c1-2-3-4-5-6-7-8-9-10-11-12-13-14-15-16-17-25(31)26-18-19-27(20-21-28)22-24(30)23-29/h6-7,9-10,24,28-30H,2-5,8,11-23H2,1H3,(H,26,31)/b7-6-,10-9-. The monoisotopic (exact) mass is 440 g/mol. The smallest absolute Gasteiger partial charge is 0.220 e. The molecule has 0 aliphatic carbocycles. The molecule has 6 heteroatoms. The number of allylic oxidation sites excluding steroid dienone is 4. The predicted octanol–water partition coefficient (Wildman–Crippen LogP) is 3.56. The molecule has 0 aliphatic rings. The maximum absolute atomic E-state index is 11.9. The van der Waals surface area contributed by atoms with E-state index in [0.29, 0.717) is 26.1 Å². The number of aliphatic hydroxyl groups excluding tert-OH is 3. The Morgan fingerprint density at radius 3 is 2.19 bits per heavy atom. The molecule has 6 nitrogen and oxygen atoms in total. The van der Waals surface area contributed by atoms with Crippen LogP contribution in [0.2, 0.25) is 0 Å². The summed E-state index contributed by atoms with van der Waals surface area (Å²) in [6.45, 7) is 3.65. The Hall–Kier alpha value is -1.21. The Bertz CT molecular complexity index is 455. The van der Waals surface area contributed by atoms with Gasteiger partial charge in [-0.2, -0.15) is 0 Å². The number of nitrogens with zero attached hydrogens (tertiary/aromatic N) is 1. The Morgan fingerprint density at radius 2 is 1.55 bits per heavy atom. The van der Waals surface area contributed by atoms with Crippen LogP contribution in [0.4, 0.5) is 0 Å². The molecular formula is C25H48N2O4. The van der Waals surface area contributed by atoms with Crippen LogP contribution in [0.15, 0.2) is 24.3 Å². The highest BCUT2D eigenvalue weighted by atomic mass is 16.3. The number of rotatable bonds is 22. The largest absolute Gasteiger partial charge is 0.395 e. The highest BCUT2D eigenvalue weighted by Crippen LogP contribution is 2.08. The van der Waals surface area contributed by atoms with Crippen molar-refractivity contribution in [3.63, 3.8) is 0 Å². The lowest BCUT2D eigenvalue weighted by molar-refractivity contribution is -0.121. The van der Waals surface area contributed by atoms with Crippen molar-refractivity contribution < 1.29 is 20.1 Å². The summed E-state index contributed by atoms with van der Waals surface area (Å²) in [5.74, 6) is 0.0531. The van der Waals surface area contributed by atoms with Gasteiger partial charge in [-0.05, 0) is 38.5 Å². The first-order valence-corrected chi connectivity index (χ1v) is 12.3. The van der Waals surface area contributed by atoms with E-state index < -0.39 is 6.10 Å². The average Bonchev–Trinajstić information content (AvgIpc) is 2.76. The second-order valence-corrected chi connectivity index (χ2v) is 8.19. The summed E-state index contributed by atoms with van der Waals surface area (Å²) in [5.41, 5.74) is 0. The maximum Gasteiger partial charge on any atom is 0.220 e. The average molecular weight is 441 g/mol. The number of carbonyl (C=O) groups excluding carboxylic acids is 1. The Morgan fingerprint density at radius 1 is 0.903 bits per heavy atom. The lowest BCUT2D eigenvalue weighted by Crippen LogP contribution is -2.41. The maximum atomic E-state index is 11.9. The lowest BCUT2D eigenvalue weighted by Gasteiger charge is -2.23. The van der Waals surface area contributed by atoms with E-state index in [1.54, 1.807) is 0 Å². The minimum Gasteiger partial charge on any atom is -0.395 e. The van der Waals surface area contributed by atoms with Gasteiger partial charge < -0.3 is 20.6 Å². The topological polar surface area (TPSA) is 93.0 Å². The van der Waals surface area contributed by atoms with Gasteiger partial charge in [-0.25, -0.2) is 0 Å². The van der Waals surface area contributed by atoms with Gasteiger partial charge in [0, 0.05) is 32.6 Å². The van der Waals surface area contributed by atoms with Crippen molar-refractivity contribution in [2.24, 2.45) is 0 Å². The minimum atomic E-state index is -0.824. The van der Waals surface area contributed by atoms with Gasteiger partial charge in [-0.1, -0.05) is 63.3 Å². The van der Waals surface area contributed by atoms with Gasteiger partial charge in [-0.15, -0.1) is 0 Å². The Labute approximate surface area is 190 Å². The van der Waals surface area contributed by atoms with Crippen LogP contribution in [-0.2, 0) is 4.79 Å². The Kier molecular flexibility index (Phi) is 22.5. The molecular weight excluding hydrogens is 392 g/mol. The highest BCUT2D eigenvalue weighted by Gasteiger charge is 2.10. The van der Waals surface area contributed by atoms with Gasteiger partial charge in [0.2, 0.25) is 5.91 Å². The summed E-state index contributed by atoms with van der Waals surface area (Å²) < 4.78 is 0. The molecule has 4 N–H and O–H groups in total. The number of unbranched alkanes of at least 4 members (excludes halogenated alkanes) is 8. The van der Waals surface area contributed by atoms with E-state index in [4.69, 9.17) is 10.2 Å². The molecule has 0 saturated heterocycles. The molecule has 0 fully saturated rings. The van der Waals surface area contributed by atoms with Crippen molar-refractivity contribution in [1.29, 1.82) is 0 Å². The molecule has 0 radical (unpaired) electrons. The fourth-order valence-electron chi connectivity index (χ4n) is 3.33. The summed E-state index contributed by atoms with van der Waals surface area (Å²) >= 11 is 0. The molecule has 1 unspecified atom stereocenters. The fourth-order valence-corrected chi connectivity index (χ4v) is 3.33. The van der Waals surface area contributed by atoms with Crippen LogP contribution in [0.5, 0.6) is 0 Å². The molecule has 0 heterocycles. The molecule has 1 amide bonds. The van der Waals surface area contributed by atoms with E-state index in [-0.39, 0.29) is 25.7 Å². The van der Waals surface area contributed by atoms with Gasteiger partial charge >= 0.3 is 0 Å². The van der Waals surface area contributed by atoms with Crippen LogP contribution in [-0.4, -0.2) is 71.6 Å². The molecule has 182 valence electrons. The summed E-state index contributed by atoms with van der Waals surface area (Å²) in [5, 5.41) is 30.4. The highest BCUT2D eigenvalue weighted by molar-refractivity contribution is 5.75. The van der Waals surface area contributed by atoms with Crippen molar-refractivity contribution >= 4 is 5.91 Å². The second-order valence-electron chi connectivity index (χ2n) is 8.19. The second kappa shape index (κ2) is 23.5. The first kappa shape index (κ1) is 29.8. The van der Waals surface area contributed by atoms with Crippen molar-refractivity contribution in [2.75, 3.05) is 39.4 Å². The van der Waals surface area contributed by atoms with Gasteiger partial charge in [-0.3, -0.25) is 9.69 Å². The quantitative estimate of drug-likeness (QED) is 0.153. The molecule has 0 aromatic rings. The lowest BCUT2D eigenvalue weighted by atomic mass is 10.1. The number of amides is 1. The molecule has 0 spiro atoms. The van der Waals surface area contributed by atoms with E-state index in [1.165, 1.54) is 44.9 Å². The Balaban J connectivity index is 3.54.